The molecule has 1 atom stereocenters. The van der Waals surface area contributed by atoms with Gasteiger partial charge in [0, 0.05) is 45.4 Å². The van der Waals surface area contributed by atoms with Crippen molar-refractivity contribution in [1.29, 1.82) is 0 Å². The fourth-order valence-electron chi connectivity index (χ4n) is 4.90. The maximum absolute atomic E-state index is 13.7. The lowest BCUT2D eigenvalue weighted by Gasteiger charge is -2.30. The predicted molar refractivity (Wildman–Crippen MR) is 165 cm³/mol. The van der Waals surface area contributed by atoms with Crippen LogP contribution in [0, 0.1) is 12.8 Å². The van der Waals surface area contributed by atoms with Crippen molar-refractivity contribution < 1.29 is 29.2 Å². The van der Waals surface area contributed by atoms with Crippen molar-refractivity contribution in [2.75, 3.05) is 11.1 Å². The number of benzene rings is 2. The Kier molecular flexibility index (Phi) is 7.54. The molecule has 0 saturated heterocycles. The van der Waals surface area contributed by atoms with Crippen molar-refractivity contribution >= 4 is 42.5 Å². The highest BCUT2D eigenvalue weighted by atomic mass is 32.2. The topological polar surface area (TPSA) is 146 Å². The first-order chi connectivity index (χ1) is 19.7. The molecule has 2 N–H and O–H groups in total. The average molecular weight is 617 g/mol. The number of anilines is 1. The van der Waals surface area contributed by atoms with Gasteiger partial charge in [0.1, 0.15) is 5.52 Å². The van der Waals surface area contributed by atoms with Gasteiger partial charge in [-0.2, -0.15) is 0 Å². The van der Waals surface area contributed by atoms with E-state index in [1.54, 1.807) is 36.5 Å². The number of fused-ring (bicyclic) bond motifs is 2. The fourth-order valence-corrected chi connectivity index (χ4v) is 6.83. The minimum absolute atomic E-state index is 0. The molecule has 5 rings (SSSR count). The molecule has 2 aromatic carbocycles. The molecule has 42 heavy (non-hydrogen) atoms. The number of sulfonamides is 1. The predicted octanol–water partition coefficient (Wildman–Crippen LogP) is 3.84. The number of nitrogens with zero attached hydrogens (tertiary/aromatic N) is 2. The smallest absolute Gasteiger partial charge is 0.275 e. The van der Waals surface area contributed by atoms with E-state index in [2.05, 4.69) is 10.0 Å². The highest BCUT2D eigenvalue weighted by Crippen LogP contribution is 2.43. The zero-order chi connectivity index (χ0) is 30.6. The first-order valence-corrected chi connectivity index (χ1v) is 16.5. The Morgan fingerprint density at radius 1 is 1.05 bits per heavy atom. The summed E-state index contributed by atoms with van der Waals surface area (Å²) in [5.41, 5.74) is 2.12. The van der Waals surface area contributed by atoms with Gasteiger partial charge in [0.15, 0.2) is 11.9 Å². The largest absolute Gasteiger partial charge is 0.477 e. The van der Waals surface area contributed by atoms with E-state index in [0.717, 1.165) is 9.54 Å². The molecule has 11 nitrogen and oxygen atoms in total. The van der Waals surface area contributed by atoms with Gasteiger partial charge in [-0.3, -0.25) is 9.59 Å². The summed E-state index contributed by atoms with van der Waals surface area (Å²) in [7, 11) is -6.12. The van der Waals surface area contributed by atoms with Gasteiger partial charge in [-0.1, -0.05) is 31.5 Å². The molecular weight excluding hydrogens is 580 g/mol. The van der Waals surface area contributed by atoms with Gasteiger partial charge in [-0.15, -0.1) is 0 Å². The molecule has 0 spiro atoms. The first-order valence-electron chi connectivity index (χ1n) is 13.4. The molecular formula is C29H36N4O7S2. The maximum atomic E-state index is 13.7. The van der Waals surface area contributed by atoms with E-state index in [-0.39, 0.29) is 37.4 Å². The van der Waals surface area contributed by atoms with Crippen LogP contribution < -0.4 is 20.3 Å². The number of hydrogen-bond donors (Lipinski definition) is 2. The van der Waals surface area contributed by atoms with Gasteiger partial charge in [0.25, 0.3) is 21.5 Å². The van der Waals surface area contributed by atoms with Crippen molar-refractivity contribution in [1.82, 2.24) is 13.3 Å². The van der Waals surface area contributed by atoms with Crippen LogP contribution >= 0.6 is 0 Å². The standard InChI is InChI=1S/C29H32N4O7S2.2H2/c1-6-41(36,37)30-15-19-13-22(27-24(14-19)31-28(34)26(40-27)17(2)3)23-16-32(5)29(35)25-21(23)11-12-33(25)42(38,39)20-9-7-18(4)8-10-20;;/h7-14,16-17,26,30H,6,15H2,1-5H3,(H,31,34);2*1H. The summed E-state index contributed by atoms with van der Waals surface area (Å²) in [6, 6.07) is 11.3. The molecule has 0 aliphatic carbocycles. The van der Waals surface area contributed by atoms with Gasteiger partial charge in [0.05, 0.1) is 16.3 Å². The normalized spacial score (nSPS) is 15.5. The highest BCUT2D eigenvalue weighted by molar-refractivity contribution is 7.90. The van der Waals surface area contributed by atoms with E-state index in [0.29, 0.717) is 33.5 Å². The quantitative estimate of drug-likeness (QED) is 0.306. The summed E-state index contributed by atoms with van der Waals surface area (Å²) in [6.45, 7) is 7.02. The van der Waals surface area contributed by atoms with E-state index < -0.39 is 31.7 Å². The van der Waals surface area contributed by atoms with Crippen molar-refractivity contribution in [2.45, 2.75) is 45.2 Å². The van der Waals surface area contributed by atoms with Crippen molar-refractivity contribution in [2.24, 2.45) is 13.0 Å². The molecule has 0 saturated carbocycles. The number of pyridine rings is 1. The summed E-state index contributed by atoms with van der Waals surface area (Å²) in [5.74, 6) is -0.270. The SMILES string of the molecule is CCS(=O)(=O)NCc1cc2c(c(-c3cn(C)c(=O)c4c3ccn4S(=O)(=O)c3ccc(C)cc3)c1)OC(C(C)C)C(=O)N2.[HH].[HH]. The summed E-state index contributed by atoms with van der Waals surface area (Å²) in [4.78, 5) is 26.3. The van der Waals surface area contributed by atoms with Crippen molar-refractivity contribution in [3.8, 4) is 16.9 Å². The lowest BCUT2D eigenvalue weighted by Crippen LogP contribution is -2.40. The molecule has 4 aromatic rings. The Hall–Kier alpha value is -3.94. The number of ether oxygens (including phenoxy) is 1. The van der Waals surface area contributed by atoms with Crippen LogP contribution in [0.25, 0.3) is 22.0 Å². The second-order valence-corrected chi connectivity index (χ2v) is 14.6. The Bertz CT molecular complexity index is 2000. The molecule has 2 aromatic heterocycles. The lowest BCUT2D eigenvalue weighted by molar-refractivity contribution is -0.125. The van der Waals surface area contributed by atoms with Gasteiger partial charge in [0.2, 0.25) is 10.0 Å². The van der Waals surface area contributed by atoms with E-state index in [9.17, 15) is 26.4 Å². The number of hydrogen-bond acceptors (Lipinski definition) is 7. The van der Waals surface area contributed by atoms with Crippen LogP contribution in [0.5, 0.6) is 5.75 Å². The third-order valence-corrected chi connectivity index (χ3v) is 10.3. The zero-order valence-corrected chi connectivity index (χ0v) is 25.5. The number of amides is 1. The van der Waals surface area contributed by atoms with E-state index in [1.165, 1.54) is 36.9 Å². The molecule has 0 bridgehead atoms. The second-order valence-electron chi connectivity index (χ2n) is 10.7. The Labute approximate surface area is 247 Å². The van der Waals surface area contributed by atoms with E-state index >= 15 is 0 Å². The Morgan fingerprint density at radius 3 is 2.38 bits per heavy atom. The molecule has 1 aliphatic heterocycles. The minimum atomic E-state index is -4.12. The molecule has 13 heteroatoms. The number of carbonyl (C=O) groups is 1. The van der Waals surface area contributed by atoms with Gasteiger partial charge >= 0.3 is 0 Å². The number of aromatic nitrogens is 2. The van der Waals surface area contributed by atoms with Crippen LogP contribution in [0.4, 0.5) is 5.69 Å². The number of nitrogens with one attached hydrogen (secondary N) is 2. The molecule has 226 valence electrons. The van der Waals surface area contributed by atoms with Crippen molar-refractivity contribution in [3.63, 3.8) is 0 Å². The minimum Gasteiger partial charge on any atom is -0.477 e. The van der Waals surface area contributed by atoms with Crippen LogP contribution in [0.1, 0.15) is 34.8 Å². The molecule has 0 fully saturated rings. The van der Waals surface area contributed by atoms with Crippen LogP contribution in [0.2, 0.25) is 0 Å². The maximum Gasteiger partial charge on any atom is 0.275 e. The number of carbonyl (C=O) groups excluding carboxylic acids is 1. The summed E-state index contributed by atoms with van der Waals surface area (Å²) in [6.07, 6.45) is 2.12. The summed E-state index contributed by atoms with van der Waals surface area (Å²) >= 11 is 0. The van der Waals surface area contributed by atoms with Crippen molar-refractivity contribution in [3.05, 3.63) is 76.3 Å². The number of rotatable bonds is 8. The molecule has 0 radical (unpaired) electrons. The van der Waals surface area contributed by atoms with Gasteiger partial charge in [-0.05, 0) is 55.7 Å². The Balaban J connectivity index is 0.00000264. The van der Waals surface area contributed by atoms with E-state index in [1.807, 2.05) is 20.8 Å². The molecule has 1 unspecified atom stereocenters. The van der Waals surface area contributed by atoms with Gasteiger partial charge in [-0.25, -0.2) is 25.5 Å². The fraction of sp³-hybridized carbons (Fsp3) is 0.310. The molecule has 1 aliphatic rings. The summed E-state index contributed by atoms with van der Waals surface area (Å²) < 4.78 is 62.7. The van der Waals surface area contributed by atoms with E-state index in [4.69, 9.17) is 4.74 Å². The zero-order valence-electron chi connectivity index (χ0n) is 23.8. The van der Waals surface area contributed by atoms with Gasteiger partial charge < -0.3 is 14.6 Å². The molecule has 1 amide bonds. The average Bonchev–Trinajstić information content (AvgIpc) is 3.40. The third kappa shape index (κ3) is 5.23. The highest BCUT2D eigenvalue weighted by Gasteiger charge is 2.33. The third-order valence-electron chi connectivity index (χ3n) is 7.25. The monoisotopic (exact) mass is 616 g/mol. The first kappa shape index (κ1) is 29.5. The Morgan fingerprint density at radius 2 is 1.74 bits per heavy atom. The lowest BCUT2D eigenvalue weighted by atomic mass is 9.97. The molecule has 3 heterocycles. The van der Waals surface area contributed by atoms with Crippen LogP contribution in [-0.4, -0.2) is 43.1 Å². The van der Waals surface area contributed by atoms with Crippen LogP contribution in [0.15, 0.2) is 64.5 Å². The van der Waals surface area contributed by atoms with Crippen LogP contribution in [0.3, 0.4) is 0 Å². The number of aryl methyl sites for hydroxylation is 2. The summed E-state index contributed by atoms with van der Waals surface area (Å²) in [5, 5.41) is 3.22. The van der Waals surface area contributed by atoms with Crippen LogP contribution in [-0.2, 0) is 38.4 Å². The second kappa shape index (κ2) is 10.7.